The molecule has 0 radical (unpaired) electrons. The van der Waals surface area contributed by atoms with Crippen LogP contribution in [-0.2, 0) is 23.9 Å². The summed E-state index contributed by atoms with van der Waals surface area (Å²) in [5.41, 5.74) is 8.64. The van der Waals surface area contributed by atoms with Gasteiger partial charge in [0.2, 0.25) is 0 Å². The van der Waals surface area contributed by atoms with Gasteiger partial charge < -0.3 is 29.2 Å². The van der Waals surface area contributed by atoms with Gasteiger partial charge in [0.15, 0.2) is 69.8 Å². The van der Waals surface area contributed by atoms with Crippen LogP contribution in [0.4, 0.5) is 52.7 Å². The molecule has 0 aliphatic carbocycles. The van der Waals surface area contributed by atoms with E-state index < -0.39 is 83.0 Å². The number of aliphatic hydroxyl groups excluding tert-OH is 2. The highest BCUT2D eigenvalue weighted by Crippen LogP contribution is 2.59. The Balaban J connectivity index is 0.000000265. The molecule has 8 aromatic rings. The first-order valence-electron chi connectivity index (χ1n) is 25.9. The van der Waals surface area contributed by atoms with E-state index in [9.17, 15) is 62.9 Å². The molecule has 0 aliphatic rings. The lowest BCUT2D eigenvalue weighted by molar-refractivity contribution is 0.280. The largest absolute Gasteiger partial charge is 0.496 e. The predicted molar refractivity (Wildman–Crippen MR) is 340 cm³/mol. The zero-order valence-electron chi connectivity index (χ0n) is 48.8. The van der Waals surface area contributed by atoms with Crippen LogP contribution in [0.25, 0.3) is 66.8 Å². The molecule has 8 aromatic carbocycles. The maximum absolute atomic E-state index is 14.5. The normalized spacial score (nSPS) is 11.2. The van der Waals surface area contributed by atoms with Crippen LogP contribution in [0.15, 0.2) is 48.5 Å². The zero-order chi connectivity index (χ0) is 66.0. The number of rotatable bonds is 14. The Morgan fingerprint density at radius 3 is 0.602 bits per heavy atom. The minimum atomic E-state index is -1.66. The van der Waals surface area contributed by atoms with Crippen LogP contribution >= 0.6 is 82.4 Å². The molecule has 0 aromatic heterocycles. The Hall–Kier alpha value is -5.13. The number of benzene rings is 8. The Bertz CT molecular complexity index is 3450. The van der Waals surface area contributed by atoms with Crippen LogP contribution in [0.3, 0.4) is 0 Å². The van der Waals surface area contributed by atoms with Crippen LogP contribution < -0.4 is 18.9 Å². The van der Waals surface area contributed by atoms with Crippen molar-refractivity contribution >= 4 is 82.4 Å². The lowest BCUT2D eigenvalue weighted by atomic mass is 9.79. The van der Waals surface area contributed by atoms with E-state index in [1.807, 2.05) is 13.8 Å². The molecule has 24 heteroatoms. The van der Waals surface area contributed by atoms with Crippen molar-refractivity contribution < 1.29 is 81.8 Å². The predicted octanol–water partition coefficient (Wildman–Crippen LogP) is 21.7. The summed E-state index contributed by atoms with van der Waals surface area (Å²) in [6.45, 7) is 12.3. The smallest absolute Gasteiger partial charge is 0.194 e. The molecule has 6 nitrogen and oxygen atoms in total. The van der Waals surface area contributed by atoms with Gasteiger partial charge >= 0.3 is 0 Å². The monoisotopic (exact) mass is 1570 g/mol. The zero-order valence-corrected chi connectivity index (χ0v) is 57.7. The molecule has 2 N–H and O–H groups in total. The van der Waals surface area contributed by atoms with Gasteiger partial charge in [0.1, 0.15) is 27.0 Å². The molecule has 0 fully saturated rings. The highest BCUT2D eigenvalue weighted by molar-refractivity contribution is 9.93. The molecule has 0 spiro atoms. The second-order valence-corrected chi connectivity index (χ2v) is 36.3. The maximum Gasteiger partial charge on any atom is 0.194 e. The molecule has 0 heterocycles. The van der Waals surface area contributed by atoms with Gasteiger partial charge in [-0.05, 0) is 284 Å². The standard InChI is InChI=1S/C32H26Br2F6O2.C32H28F6O4.Br3P/c1-13-25(17-7-21(35)29(39)22(36)8-17)19(11-33)27(15(3)31(13)41-5)28-16(4)32(42-6)14(2)26(20(28)12-34)18-9-23(37)30(40)24(38)10-18;1-13-25(17-7-21(33)29(37)22(34)8-17)19(11-39)27(15(3)31(13)41-5)28-16(4)32(42-6)14(2)26(20(28)12-40)18-9-23(35)30(38)24(36)10-18;1-4(2)3/h7-10H,11-12H2,1-6H3;7-10,39-40H,11-12H2,1-6H3;. The average molecular weight is 1580 g/mol. The van der Waals surface area contributed by atoms with E-state index in [0.717, 1.165) is 48.5 Å². The van der Waals surface area contributed by atoms with Crippen molar-refractivity contribution in [3.63, 3.8) is 0 Å². The van der Waals surface area contributed by atoms with E-state index in [0.29, 0.717) is 89.4 Å². The number of alkyl halides is 2. The lowest BCUT2D eigenvalue weighted by Gasteiger charge is -2.28. The highest BCUT2D eigenvalue weighted by atomic mass is 80.0. The molecule has 0 amide bonds. The molecular formula is C64H54Br5F12O6P. The van der Waals surface area contributed by atoms with Crippen LogP contribution in [0.1, 0.15) is 66.8 Å². The quantitative estimate of drug-likeness (QED) is 0.0489. The van der Waals surface area contributed by atoms with Crippen molar-refractivity contribution in [3.8, 4) is 89.8 Å². The highest BCUT2D eigenvalue weighted by Gasteiger charge is 2.33. The molecule has 0 saturated heterocycles. The van der Waals surface area contributed by atoms with Gasteiger partial charge in [-0.1, -0.05) is 31.9 Å². The van der Waals surface area contributed by atoms with E-state index in [2.05, 4.69) is 78.3 Å². The van der Waals surface area contributed by atoms with Gasteiger partial charge in [-0.2, -0.15) is 0 Å². The molecule has 8 rings (SSSR count). The summed E-state index contributed by atoms with van der Waals surface area (Å²) >= 11 is 16.6. The number of hydrogen-bond donors (Lipinski definition) is 2. The Kier molecular flexibility index (Phi) is 24.4. The summed E-state index contributed by atoms with van der Waals surface area (Å²) in [4.78, 5) is 0. The van der Waals surface area contributed by atoms with Gasteiger partial charge in [0, 0.05) is 10.7 Å². The molecule has 0 atom stereocenters. The first-order chi connectivity index (χ1) is 41.4. The summed E-state index contributed by atoms with van der Waals surface area (Å²) in [5, 5.41) is 21.8. The summed E-state index contributed by atoms with van der Waals surface area (Å²) in [7, 11) is 5.68. The number of ether oxygens (including phenoxy) is 4. The summed E-state index contributed by atoms with van der Waals surface area (Å²) in [5.74, 6) is -16.2. The van der Waals surface area contributed by atoms with Crippen molar-refractivity contribution in [2.75, 3.05) is 28.4 Å². The molecule has 0 aliphatic heterocycles. The SMILES string of the molecule is BrP(Br)Br.COc1c(C)c(-c2cc(F)c(F)c(F)c2)c(CBr)c(-c2c(C)c(OC)c(C)c(-c3cc(F)c(F)c(F)c3)c2CBr)c1C.COc1c(C)c(-c2cc(F)c(F)c(F)c2)c(CO)c(-c2c(C)c(OC)c(C)c(-c3cc(F)c(F)c(F)c3)c2CO)c1C. The van der Waals surface area contributed by atoms with Gasteiger partial charge in [-0.15, -0.1) is 0 Å². The van der Waals surface area contributed by atoms with Crippen molar-refractivity contribution in [2.24, 2.45) is 0 Å². The topological polar surface area (TPSA) is 77.4 Å². The van der Waals surface area contributed by atoms with Gasteiger partial charge in [-0.25, -0.2) is 52.7 Å². The fourth-order valence-corrected chi connectivity index (χ4v) is 13.0. The Labute approximate surface area is 542 Å². The molecule has 0 unspecified atom stereocenters. The van der Waals surface area contributed by atoms with E-state index in [4.69, 9.17) is 18.9 Å². The third-order valence-corrected chi connectivity index (χ3v) is 16.3. The number of methoxy groups -OCH3 is 4. The van der Waals surface area contributed by atoms with Crippen LogP contribution in [0, 0.1) is 125 Å². The summed E-state index contributed by atoms with van der Waals surface area (Å²) < 4.78 is 194. The minimum absolute atomic E-state index is 0.0855. The fourth-order valence-electron chi connectivity index (χ4n) is 11.9. The fraction of sp³-hybridized carbons (Fsp3) is 0.250. The second-order valence-electron chi connectivity index (χ2n) is 19.8. The van der Waals surface area contributed by atoms with Crippen molar-refractivity contribution in [1.82, 2.24) is 0 Å². The lowest BCUT2D eigenvalue weighted by Crippen LogP contribution is -2.09. The Morgan fingerprint density at radius 2 is 0.455 bits per heavy atom. The summed E-state index contributed by atoms with van der Waals surface area (Å²) in [6, 6.07) is 6.88. The van der Waals surface area contributed by atoms with E-state index in [1.54, 1.807) is 41.5 Å². The van der Waals surface area contributed by atoms with E-state index in [-0.39, 0.29) is 81.8 Å². The third-order valence-electron chi connectivity index (χ3n) is 15.1. The van der Waals surface area contributed by atoms with Crippen molar-refractivity contribution in [1.29, 1.82) is 0 Å². The number of aliphatic hydroxyl groups is 2. The first-order valence-corrected chi connectivity index (χ1v) is 35.6. The minimum Gasteiger partial charge on any atom is -0.496 e. The third kappa shape index (κ3) is 13.6. The van der Waals surface area contributed by atoms with Gasteiger partial charge in [0.25, 0.3) is 0 Å². The average Bonchev–Trinajstić information content (AvgIpc) is 0.751. The van der Waals surface area contributed by atoms with E-state index in [1.165, 1.54) is 28.4 Å². The van der Waals surface area contributed by atoms with Crippen molar-refractivity contribution in [3.05, 3.63) is 185 Å². The number of hydrogen-bond acceptors (Lipinski definition) is 6. The molecule has 88 heavy (non-hydrogen) atoms. The molecule has 470 valence electrons. The van der Waals surface area contributed by atoms with Crippen LogP contribution in [0.2, 0.25) is 0 Å². The van der Waals surface area contributed by atoms with Crippen LogP contribution in [0.5, 0.6) is 23.0 Å². The summed E-state index contributed by atoms with van der Waals surface area (Å²) in [6.07, 6.45) is 0. The van der Waals surface area contributed by atoms with Gasteiger partial charge in [0.05, 0.1) is 41.7 Å². The van der Waals surface area contributed by atoms with Crippen molar-refractivity contribution in [2.45, 2.75) is 79.3 Å². The van der Waals surface area contributed by atoms with E-state index >= 15 is 0 Å². The second kappa shape index (κ2) is 29.9. The first kappa shape index (κ1) is 71.9. The molecule has 0 saturated carbocycles. The van der Waals surface area contributed by atoms with Crippen LogP contribution in [-0.4, -0.2) is 38.7 Å². The number of halogens is 17. The Morgan fingerprint density at radius 1 is 0.307 bits per heavy atom. The maximum atomic E-state index is 14.5. The molecular weight excluding hydrogens is 1520 g/mol. The van der Waals surface area contributed by atoms with Gasteiger partial charge in [-0.3, -0.25) is 0 Å². The molecule has 0 bridgehead atoms.